The van der Waals surface area contributed by atoms with Gasteiger partial charge in [-0.2, -0.15) is 0 Å². The first-order valence-corrected chi connectivity index (χ1v) is 10.3. The zero-order chi connectivity index (χ0) is 20.1. The number of sulfonamides is 1. The molecule has 1 aromatic heterocycles. The maximum atomic E-state index is 13.1. The topological polar surface area (TPSA) is 79.4 Å². The van der Waals surface area contributed by atoms with Gasteiger partial charge in [0.1, 0.15) is 5.82 Å². The molecule has 0 aliphatic carbocycles. The Morgan fingerprint density at radius 1 is 1.07 bits per heavy atom. The molecule has 0 bridgehead atoms. The summed E-state index contributed by atoms with van der Waals surface area (Å²) in [6, 6.07) is 17.9. The summed E-state index contributed by atoms with van der Waals surface area (Å²) < 4.78 is 27.5. The van der Waals surface area contributed by atoms with Crippen LogP contribution in [-0.4, -0.2) is 25.9 Å². The Morgan fingerprint density at radius 3 is 2.46 bits per heavy atom. The van der Waals surface area contributed by atoms with Crippen molar-refractivity contribution in [2.24, 2.45) is 0 Å². The molecule has 3 rings (SSSR count). The second-order valence-corrected chi connectivity index (χ2v) is 8.15. The number of halogens is 1. The number of rotatable bonds is 6. The van der Waals surface area contributed by atoms with Crippen molar-refractivity contribution in [3.8, 4) is 0 Å². The van der Waals surface area contributed by atoms with Gasteiger partial charge in [-0.1, -0.05) is 35.9 Å². The van der Waals surface area contributed by atoms with Gasteiger partial charge in [0.2, 0.25) is 0 Å². The molecule has 1 heterocycles. The third kappa shape index (κ3) is 4.32. The molecule has 28 heavy (non-hydrogen) atoms. The highest BCUT2D eigenvalue weighted by atomic mass is 35.5. The normalized spacial score (nSPS) is 11.1. The molecule has 0 unspecified atom stereocenters. The molecule has 144 valence electrons. The third-order valence-electron chi connectivity index (χ3n) is 3.98. The van der Waals surface area contributed by atoms with Crippen molar-refractivity contribution in [1.29, 1.82) is 0 Å². The number of amides is 1. The first-order chi connectivity index (χ1) is 13.4. The lowest BCUT2D eigenvalue weighted by Gasteiger charge is -2.23. The largest absolute Gasteiger partial charge is 0.307 e. The smallest absolute Gasteiger partial charge is 0.264 e. The quantitative estimate of drug-likeness (QED) is 0.654. The van der Waals surface area contributed by atoms with Gasteiger partial charge >= 0.3 is 0 Å². The van der Waals surface area contributed by atoms with Gasteiger partial charge in [0, 0.05) is 18.3 Å². The van der Waals surface area contributed by atoms with E-state index >= 15 is 0 Å². The fraction of sp³-hybridized carbons (Fsp3) is 0.100. The van der Waals surface area contributed by atoms with E-state index in [9.17, 15) is 13.2 Å². The van der Waals surface area contributed by atoms with Gasteiger partial charge < -0.3 is 5.32 Å². The number of carbonyl (C=O) groups is 1. The van der Waals surface area contributed by atoms with Crippen molar-refractivity contribution >= 4 is 39.0 Å². The zero-order valence-corrected chi connectivity index (χ0v) is 16.6. The van der Waals surface area contributed by atoms with Crippen LogP contribution in [0, 0.1) is 0 Å². The van der Waals surface area contributed by atoms with Crippen molar-refractivity contribution in [3.63, 3.8) is 0 Å². The highest BCUT2D eigenvalue weighted by Gasteiger charge is 2.24. The van der Waals surface area contributed by atoms with Crippen molar-refractivity contribution in [3.05, 3.63) is 83.5 Å². The van der Waals surface area contributed by atoms with Gasteiger partial charge in [0.15, 0.2) is 0 Å². The number of benzene rings is 2. The highest BCUT2D eigenvalue weighted by Crippen LogP contribution is 2.24. The molecular weight excluding hydrogens is 398 g/mol. The van der Waals surface area contributed by atoms with E-state index in [4.69, 9.17) is 11.6 Å². The summed E-state index contributed by atoms with van der Waals surface area (Å²) in [4.78, 5) is 16.5. The van der Waals surface area contributed by atoms with Crippen molar-refractivity contribution in [1.82, 2.24) is 4.98 Å². The molecule has 1 amide bonds. The maximum Gasteiger partial charge on any atom is 0.264 e. The molecule has 8 heteroatoms. The minimum absolute atomic E-state index is 0.0370. The molecule has 6 nitrogen and oxygen atoms in total. The molecule has 1 N–H and O–H groups in total. The summed E-state index contributed by atoms with van der Waals surface area (Å²) in [6.07, 6.45) is 1.41. The Hall–Kier alpha value is -2.90. The van der Waals surface area contributed by atoms with Crippen LogP contribution in [0.1, 0.15) is 17.3 Å². The molecule has 0 atom stereocenters. The number of nitrogens with zero attached hydrogens (tertiary/aromatic N) is 2. The molecule has 0 aliphatic rings. The van der Waals surface area contributed by atoms with E-state index in [-0.39, 0.29) is 17.0 Å². The number of anilines is 2. The standard InChI is InChI=1S/C20H18ClN3O3S/c1-2-24(17-8-4-3-5-9-17)28(26,27)18-10-6-7-15(13-18)20(25)23-19-12-11-16(21)14-22-19/h3-14H,2H2,1H3,(H,22,23,25). The molecule has 0 radical (unpaired) electrons. The molecule has 3 aromatic rings. The highest BCUT2D eigenvalue weighted by molar-refractivity contribution is 7.92. The van der Waals surface area contributed by atoms with Gasteiger partial charge in [-0.15, -0.1) is 0 Å². The predicted octanol–water partition coefficient (Wildman–Crippen LogP) is 4.20. The van der Waals surface area contributed by atoms with Gasteiger partial charge in [-0.05, 0) is 49.4 Å². The van der Waals surface area contributed by atoms with Crippen LogP contribution < -0.4 is 9.62 Å². The number of hydrogen-bond donors (Lipinski definition) is 1. The van der Waals surface area contributed by atoms with E-state index < -0.39 is 15.9 Å². The van der Waals surface area contributed by atoms with E-state index in [1.807, 2.05) is 6.07 Å². The molecular formula is C20H18ClN3O3S. The van der Waals surface area contributed by atoms with Crippen LogP contribution in [0.4, 0.5) is 11.5 Å². The summed E-state index contributed by atoms with van der Waals surface area (Å²) in [7, 11) is -3.82. The van der Waals surface area contributed by atoms with Crippen LogP contribution >= 0.6 is 11.6 Å². The average Bonchev–Trinajstić information content (AvgIpc) is 2.71. The number of hydrogen-bond acceptors (Lipinski definition) is 4. The first kappa shape index (κ1) is 19.9. The summed E-state index contributed by atoms with van der Waals surface area (Å²) >= 11 is 5.78. The minimum Gasteiger partial charge on any atom is -0.307 e. The summed E-state index contributed by atoms with van der Waals surface area (Å²) in [5.41, 5.74) is 0.771. The van der Waals surface area contributed by atoms with Gasteiger partial charge in [-0.3, -0.25) is 9.10 Å². The maximum absolute atomic E-state index is 13.1. The van der Waals surface area contributed by atoms with Gasteiger partial charge in [0.25, 0.3) is 15.9 Å². The van der Waals surface area contributed by atoms with Gasteiger partial charge in [-0.25, -0.2) is 13.4 Å². The summed E-state index contributed by atoms with van der Waals surface area (Å²) in [5, 5.41) is 3.07. The van der Waals surface area contributed by atoms with Crippen LogP contribution in [0.25, 0.3) is 0 Å². The Balaban J connectivity index is 1.89. The zero-order valence-electron chi connectivity index (χ0n) is 15.0. The molecule has 2 aromatic carbocycles. The molecule has 0 spiro atoms. The Morgan fingerprint density at radius 2 is 1.82 bits per heavy atom. The SMILES string of the molecule is CCN(c1ccccc1)S(=O)(=O)c1cccc(C(=O)Nc2ccc(Cl)cn2)c1. The first-order valence-electron chi connectivity index (χ1n) is 8.52. The van der Waals surface area contributed by atoms with Crippen LogP contribution in [0.2, 0.25) is 5.02 Å². The second-order valence-electron chi connectivity index (χ2n) is 5.85. The average molecular weight is 416 g/mol. The van der Waals surface area contributed by atoms with E-state index in [1.165, 1.54) is 28.7 Å². The molecule has 0 saturated carbocycles. The number of aromatic nitrogens is 1. The molecule has 0 aliphatic heterocycles. The summed E-state index contributed by atoms with van der Waals surface area (Å²) in [6.45, 7) is 2.02. The Kier molecular flexibility index (Phi) is 5.96. The van der Waals surface area contributed by atoms with E-state index in [1.54, 1.807) is 49.4 Å². The third-order valence-corrected chi connectivity index (χ3v) is 6.11. The van der Waals surface area contributed by atoms with Crippen LogP contribution in [0.15, 0.2) is 77.8 Å². The molecule has 0 saturated heterocycles. The Labute approximate surface area is 168 Å². The van der Waals surface area contributed by atoms with Crippen LogP contribution in [0.3, 0.4) is 0 Å². The van der Waals surface area contributed by atoms with Crippen LogP contribution in [0.5, 0.6) is 0 Å². The van der Waals surface area contributed by atoms with E-state index in [0.29, 0.717) is 16.5 Å². The van der Waals surface area contributed by atoms with E-state index in [0.717, 1.165) is 0 Å². The lowest BCUT2D eigenvalue weighted by molar-refractivity contribution is 0.102. The fourth-order valence-electron chi connectivity index (χ4n) is 2.65. The van der Waals surface area contributed by atoms with Crippen molar-refractivity contribution in [2.45, 2.75) is 11.8 Å². The minimum atomic E-state index is -3.82. The van der Waals surface area contributed by atoms with Crippen molar-refractivity contribution < 1.29 is 13.2 Å². The Bertz CT molecular complexity index is 1070. The number of para-hydroxylation sites is 1. The second kappa shape index (κ2) is 8.41. The number of pyridine rings is 1. The van der Waals surface area contributed by atoms with Crippen molar-refractivity contribution in [2.75, 3.05) is 16.2 Å². The van der Waals surface area contributed by atoms with E-state index in [2.05, 4.69) is 10.3 Å². The summed E-state index contributed by atoms with van der Waals surface area (Å²) in [5.74, 6) is -0.142. The van der Waals surface area contributed by atoms with Gasteiger partial charge in [0.05, 0.1) is 15.6 Å². The lowest BCUT2D eigenvalue weighted by atomic mass is 10.2. The lowest BCUT2D eigenvalue weighted by Crippen LogP contribution is -2.31. The number of nitrogens with one attached hydrogen (secondary N) is 1. The number of carbonyl (C=O) groups excluding carboxylic acids is 1. The van der Waals surface area contributed by atoms with Crippen LogP contribution in [-0.2, 0) is 10.0 Å². The monoisotopic (exact) mass is 415 g/mol. The molecule has 0 fully saturated rings. The predicted molar refractivity (Wildman–Crippen MR) is 110 cm³/mol. The fourth-order valence-corrected chi connectivity index (χ4v) is 4.28.